The van der Waals surface area contributed by atoms with E-state index in [0.717, 1.165) is 21.1 Å². The molecule has 0 radical (unpaired) electrons. The van der Waals surface area contributed by atoms with Gasteiger partial charge >= 0.3 is 0 Å². The van der Waals surface area contributed by atoms with E-state index >= 15 is 0 Å². The molecule has 2 aromatic heterocycles. The highest BCUT2D eigenvalue weighted by Crippen LogP contribution is 2.29. The number of ether oxygens (including phenoxy) is 1. The number of hydrogen-bond acceptors (Lipinski definition) is 6. The zero-order chi connectivity index (χ0) is 16.2. The van der Waals surface area contributed by atoms with Crippen LogP contribution in [0.2, 0.25) is 0 Å². The van der Waals surface area contributed by atoms with E-state index in [1.54, 1.807) is 25.1 Å². The highest BCUT2D eigenvalue weighted by atomic mass is 32.2. The maximum absolute atomic E-state index is 12.0. The maximum Gasteiger partial charge on any atom is 0.226 e. The van der Waals surface area contributed by atoms with Crippen LogP contribution in [-0.4, -0.2) is 33.3 Å². The number of aryl methyl sites for hydroxylation is 1. The molecule has 1 aromatic carbocycles. The summed E-state index contributed by atoms with van der Waals surface area (Å²) in [6.07, 6.45) is 4.05. The Morgan fingerprint density at radius 3 is 3.09 bits per heavy atom. The van der Waals surface area contributed by atoms with Crippen molar-refractivity contribution in [2.24, 2.45) is 7.05 Å². The van der Waals surface area contributed by atoms with E-state index in [4.69, 9.17) is 4.74 Å². The SMILES string of the molecule is COc1ccc2nc(NC(=O)CCSc3nccn3C)sc2c1. The van der Waals surface area contributed by atoms with Gasteiger partial charge in [-0.15, -0.1) is 0 Å². The first kappa shape index (κ1) is 15.8. The molecule has 3 aromatic rings. The number of thiazole rings is 1. The van der Waals surface area contributed by atoms with Crippen molar-refractivity contribution in [2.45, 2.75) is 11.6 Å². The smallest absolute Gasteiger partial charge is 0.226 e. The van der Waals surface area contributed by atoms with Crippen molar-refractivity contribution in [1.82, 2.24) is 14.5 Å². The molecule has 6 nitrogen and oxygen atoms in total. The van der Waals surface area contributed by atoms with Gasteiger partial charge in [-0.3, -0.25) is 4.79 Å². The minimum absolute atomic E-state index is 0.0438. The number of fused-ring (bicyclic) bond motifs is 1. The third-order valence-corrected chi connectivity index (χ3v) is 5.17. The fourth-order valence-electron chi connectivity index (χ4n) is 1.99. The number of anilines is 1. The number of rotatable bonds is 6. The molecule has 0 unspecified atom stereocenters. The van der Waals surface area contributed by atoms with Gasteiger partial charge in [-0.2, -0.15) is 0 Å². The lowest BCUT2D eigenvalue weighted by Gasteiger charge is -2.02. The molecule has 0 aliphatic heterocycles. The number of nitrogens with zero attached hydrogens (tertiary/aromatic N) is 3. The number of benzene rings is 1. The van der Waals surface area contributed by atoms with Crippen LogP contribution in [0.3, 0.4) is 0 Å². The van der Waals surface area contributed by atoms with E-state index in [1.807, 2.05) is 36.0 Å². The van der Waals surface area contributed by atoms with E-state index < -0.39 is 0 Å². The lowest BCUT2D eigenvalue weighted by atomic mass is 10.3. The Labute approximate surface area is 141 Å². The molecule has 120 valence electrons. The lowest BCUT2D eigenvalue weighted by molar-refractivity contribution is -0.115. The normalized spacial score (nSPS) is 10.9. The monoisotopic (exact) mass is 348 g/mol. The van der Waals surface area contributed by atoms with Crippen LogP contribution in [0.4, 0.5) is 5.13 Å². The Morgan fingerprint density at radius 2 is 2.35 bits per heavy atom. The molecular formula is C15H16N4O2S2. The van der Waals surface area contributed by atoms with Gasteiger partial charge in [-0.05, 0) is 18.2 Å². The van der Waals surface area contributed by atoms with Crippen LogP contribution >= 0.6 is 23.1 Å². The average molecular weight is 348 g/mol. The van der Waals surface area contributed by atoms with Crippen LogP contribution in [0.1, 0.15) is 6.42 Å². The zero-order valence-corrected chi connectivity index (χ0v) is 14.4. The van der Waals surface area contributed by atoms with Gasteiger partial charge in [0.25, 0.3) is 0 Å². The molecule has 0 atom stereocenters. The summed E-state index contributed by atoms with van der Waals surface area (Å²) in [5, 5.41) is 4.37. The van der Waals surface area contributed by atoms with Gasteiger partial charge in [0.15, 0.2) is 10.3 Å². The maximum atomic E-state index is 12.0. The summed E-state index contributed by atoms with van der Waals surface area (Å²) >= 11 is 3.00. The Balaban J connectivity index is 1.56. The molecule has 2 heterocycles. The first-order valence-corrected chi connectivity index (χ1v) is 8.80. The highest BCUT2D eigenvalue weighted by Gasteiger charge is 2.09. The lowest BCUT2D eigenvalue weighted by Crippen LogP contribution is -2.12. The average Bonchev–Trinajstić information content (AvgIpc) is 3.12. The summed E-state index contributed by atoms with van der Waals surface area (Å²) in [5.74, 6) is 1.42. The second kappa shape index (κ2) is 7.01. The van der Waals surface area contributed by atoms with Gasteiger partial charge in [-0.25, -0.2) is 9.97 Å². The quantitative estimate of drug-likeness (QED) is 0.693. The molecule has 1 N–H and O–H groups in total. The largest absolute Gasteiger partial charge is 0.497 e. The van der Waals surface area contributed by atoms with Gasteiger partial charge in [-0.1, -0.05) is 23.1 Å². The van der Waals surface area contributed by atoms with Gasteiger partial charge in [0.1, 0.15) is 5.75 Å². The van der Waals surface area contributed by atoms with Crippen molar-refractivity contribution >= 4 is 44.4 Å². The Hall–Kier alpha value is -2.06. The number of methoxy groups -OCH3 is 1. The van der Waals surface area contributed by atoms with Crippen LogP contribution < -0.4 is 10.1 Å². The molecule has 0 fully saturated rings. The Morgan fingerprint density at radius 1 is 1.48 bits per heavy atom. The van der Waals surface area contributed by atoms with E-state index in [0.29, 0.717) is 17.3 Å². The minimum atomic E-state index is -0.0438. The number of thioether (sulfide) groups is 1. The number of nitrogens with one attached hydrogen (secondary N) is 1. The van der Waals surface area contributed by atoms with Crippen molar-refractivity contribution in [2.75, 3.05) is 18.2 Å². The summed E-state index contributed by atoms with van der Waals surface area (Å²) in [7, 11) is 3.56. The summed E-state index contributed by atoms with van der Waals surface area (Å²) in [6, 6.07) is 5.66. The predicted molar refractivity (Wildman–Crippen MR) is 93.4 cm³/mol. The Kier molecular flexibility index (Phi) is 4.82. The standard InChI is InChI=1S/C15H16N4O2S2/c1-19-7-6-16-15(19)22-8-5-13(20)18-14-17-11-4-3-10(21-2)9-12(11)23-14/h3-4,6-7,9H,5,8H2,1-2H3,(H,17,18,20). The summed E-state index contributed by atoms with van der Waals surface area (Å²) in [5.41, 5.74) is 0.855. The second-order valence-electron chi connectivity index (χ2n) is 4.82. The molecule has 1 amide bonds. The highest BCUT2D eigenvalue weighted by molar-refractivity contribution is 7.99. The van der Waals surface area contributed by atoms with Crippen molar-refractivity contribution in [1.29, 1.82) is 0 Å². The second-order valence-corrected chi connectivity index (χ2v) is 6.91. The number of carbonyl (C=O) groups excluding carboxylic acids is 1. The molecule has 0 aliphatic rings. The molecule has 23 heavy (non-hydrogen) atoms. The minimum Gasteiger partial charge on any atom is -0.497 e. The van der Waals surface area contributed by atoms with E-state index in [9.17, 15) is 4.79 Å². The van der Waals surface area contributed by atoms with Crippen LogP contribution in [0, 0.1) is 0 Å². The summed E-state index contributed by atoms with van der Waals surface area (Å²) in [6.45, 7) is 0. The number of amides is 1. The topological polar surface area (TPSA) is 69.0 Å². The van der Waals surface area contributed by atoms with Crippen molar-refractivity contribution in [3.63, 3.8) is 0 Å². The molecular weight excluding hydrogens is 332 g/mol. The first-order chi connectivity index (χ1) is 11.2. The molecule has 3 rings (SSSR count). The van der Waals surface area contributed by atoms with Crippen LogP contribution in [-0.2, 0) is 11.8 Å². The van der Waals surface area contributed by atoms with Crippen LogP contribution in [0.15, 0.2) is 35.7 Å². The van der Waals surface area contributed by atoms with Crippen molar-refractivity contribution < 1.29 is 9.53 Å². The third-order valence-electron chi connectivity index (χ3n) is 3.18. The van der Waals surface area contributed by atoms with E-state index in [2.05, 4.69) is 15.3 Å². The molecule has 0 bridgehead atoms. The van der Waals surface area contributed by atoms with Crippen molar-refractivity contribution in [3.05, 3.63) is 30.6 Å². The van der Waals surface area contributed by atoms with E-state index in [1.165, 1.54) is 11.3 Å². The zero-order valence-electron chi connectivity index (χ0n) is 12.8. The van der Waals surface area contributed by atoms with Crippen molar-refractivity contribution in [3.8, 4) is 5.75 Å². The Bertz CT molecular complexity index is 828. The number of hydrogen-bond donors (Lipinski definition) is 1. The fourth-order valence-corrected chi connectivity index (χ4v) is 3.77. The number of imidazole rings is 1. The number of aromatic nitrogens is 3. The predicted octanol–water partition coefficient (Wildman–Crippen LogP) is 3.16. The molecule has 0 saturated heterocycles. The van der Waals surface area contributed by atoms with Crippen LogP contribution in [0.5, 0.6) is 5.75 Å². The van der Waals surface area contributed by atoms with Crippen LogP contribution in [0.25, 0.3) is 10.2 Å². The molecule has 0 saturated carbocycles. The first-order valence-electron chi connectivity index (χ1n) is 7.00. The van der Waals surface area contributed by atoms with Gasteiger partial charge < -0.3 is 14.6 Å². The molecule has 0 aliphatic carbocycles. The molecule has 8 heteroatoms. The van der Waals surface area contributed by atoms with Gasteiger partial charge in [0, 0.05) is 31.6 Å². The fraction of sp³-hybridized carbons (Fsp3) is 0.267. The summed E-state index contributed by atoms with van der Waals surface area (Å²) < 4.78 is 8.11. The van der Waals surface area contributed by atoms with Gasteiger partial charge in [0.2, 0.25) is 5.91 Å². The van der Waals surface area contributed by atoms with E-state index in [-0.39, 0.29) is 5.91 Å². The molecule has 0 spiro atoms. The third kappa shape index (κ3) is 3.83. The van der Waals surface area contributed by atoms with Gasteiger partial charge in [0.05, 0.1) is 17.3 Å². The summed E-state index contributed by atoms with van der Waals surface area (Å²) in [4.78, 5) is 20.6. The number of carbonyl (C=O) groups is 1.